The highest BCUT2D eigenvalue weighted by Crippen LogP contribution is 2.12. The molecule has 5 heteroatoms. The molecule has 0 aliphatic heterocycles. The molecule has 0 aliphatic rings. The van der Waals surface area contributed by atoms with Crippen molar-refractivity contribution >= 4 is 5.91 Å². The summed E-state index contributed by atoms with van der Waals surface area (Å²) in [5.74, 6) is 0.0235. The molecule has 0 radical (unpaired) electrons. The number of nitrogens with two attached hydrogens (primary N) is 1. The monoisotopic (exact) mass is 316 g/mol. The normalized spacial score (nSPS) is 13.2. The maximum Gasteiger partial charge on any atom is 0.237 e. The molecule has 0 spiro atoms. The zero-order valence-electron chi connectivity index (χ0n) is 13.0. The summed E-state index contributed by atoms with van der Waals surface area (Å²) in [4.78, 5) is 12.0. The van der Waals surface area contributed by atoms with Gasteiger partial charge in [0, 0.05) is 0 Å². The minimum absolute atomic E-state index is 0.219. The van der Waals surface area contributed by atoms with Crippen LogP contribution in [0, 0.1) is 5.82 Å². The van der Waals surface area contributed by atoms with E-state index >= 15 is 0 Å². The summed E-state index contributed by atoms with van der Waals surface area (Å²) < 4.78 is 18.4. The Morgan fingerprint density at radius 3 is 2.48 bits per heavy atom. The molecule has 1 amide bonds. The van der Waals surface area contributed by atoms with Gasteiger partial charge < -0.3 is 15.8 Å². The first-order valence-corrected chi connectivity index (χ1v) is 7.54. The number of amides is 1. The molecule has 0 fully saturated rings. The minimum atomic E-state index is -0.601. The van der Waals surface area contributed by atoms with Crippen molar-refractivity contribution in [3.63, 3.8) is 0 Å². The van der Waals surface area contributed by atoms with Gasteiger partial charge in [0.05, 0.1) is 12.6 Å². The first kappa shape index (κ1) is 17.0. The fourth-order valence-corrected chi connectivity index (χ4v) is 2.12. The molecule has 0 aromatic heterocycles. The molecule has 0 aliphatic carbocycles. The Morgan fingerprint density at radius 2 is 1.83 bits per heavy atom. The van der Waals surface area contributed by atoms with Crippen LogP contribution in [0.2, 0.25) is 0 Å². The Kier molecular flexibility index (Phi) is 6.11. The summed E-state index contributed by atoms with van der Waals surface area (Å²) in [6, 6.07) is 14.8. The number of nitrogens with one attached hydrogen (secondary N) is 1. The summed E-state index contributed by atoms with van der Waals surface area (Å²) in [5.41, 5.74) is 6.93. The van der Waals surface area contributed by atoms with Crippen LogP contribution in [0.15, 0.2) is 54.6 Å². The van der Waals surface area contributed by atoms with Crippen molar-refractivity contribution < 1.29 is 13.9 Å². The van der Waals surface area contributed by atoms with Gasteiger partial charge in [0.15, 0.2) is 0 Å². The van der Waals surface area contributed by atoms with Crippen molar-refractivity contribution in [1.29, 1.82) is 0 Å². The number of carbonyl (C=O) groups excluding carboxylic acids is 1. The zero-order chi connectivity index (χ0) is 16.7. The lowest BCUT2D eigenvalue weighted by Crippen LogP contribution is -2.45. The predicted molar refractivity (Wildman–Crippen MR) is 87.6 cm³/mol. The van der Waals surface area contributed by atoms with Crippen molar-refractivity contribution in [2.24, 2.45) is 5.73 Å². The number of ether oxygens (including phenoxy) is 1. The average Bonchev–Trinajstić information content (AvgIpc) is 2.55. The lowest BCUT2D eigenvalue weighted by atomic mass is 10.1. The van der Waals surface area contributed by atoms with Gasteiger partial charge in [0.25, 0.3) is 0 Å². The van der Waals surface area contributed by atoms with Crippen LogP contribution in [0.25, 0.3) is 0 Å². The number of benzene rings is 2. The molecule has 2 aromatic rings. The second kappa shape index (κ2) is 8.29. The number of halogens is 1. The van der Waals surface area contributed by atoms with Crippen molar-refractivity contribution in [1.82, 2.24) is 5.32 Å². The molecule has 0 bridgehead atoms. The standard InChI is InChI=1S/C18H21FN2O2/c1-13(23-16-9-7-15(19)8-10-16)12-21-18(22)17(20)11-14-5-3-2-4-6-14/h2-10,13,17H,11-12,20H2,1H3,(H,21,22)/t13?,17-/m0/s1. The van der Waals surface area contributed by atoms with Gasteiger partial charge in [-0.3, -0.25) is 4.79 Å². The van der Waals surface area contributed by atoms with Gasteiger partial charge in [-0.1, -0.05) is 30.3 Å². The summed E-state index contributed by atoms with van der Waals surface area (Å²) >= 11 is 0. The maximum absolute atomic E-state index is 12.8. The van der Waals surface area contributed by atoms with E-state index in [1.165, 1.54) is 12.1 Å². The first-order valence-electron chi connectivity index (χ1n) is 7.54. The molecule has 23 heavy (non-hydrogen) atoms. The highest BCUT2D eigenvalue weighted by atomic mass is 19.1. The van der Waals surface area contributed by atoms with Gasteiger partial charge in [0.1, 0.15) is 17.7 Å². The van der Waals surface area contributed by atoms with Crippen LogP contribution in [0.5, 0.6) is 5.75 Å². The molecular weight excluding hydrogens is 295 g/mol. The quantitative estimate of drug-likeness (QED) is 0.823. The molecule has 2 atom stereocenters. The van der Waals surface area contributed by atoms with E-state index in [0.29, 0.717) is 18.7 Å². The van der Waals surface area contributed by atoms with E-state index in [2.05, 4.69) is 5.32 Å². The SMILES string of the molecule is CC(CNC(=O)[C@@H](N)Cc1ccccc1)Oc1ccc(F)cc1. The summed E-state index contributed by atoms with van der Waals surface area (Å²) in [6.45, 7) is 2.16. The highest BCUT2D eigenvalue weighted by Gasteiger charge is 2.15. The molecule has 4 nitrogen and oxygen atoms in total. The van der Waals surface area contributed by atoms with Crippen LogP contribution in [-0.2, 0) is 11.2 Å². The van der Waals surface area contributed by atoms with Crippen LogP contribution in [0.4, 0.5) is 4.39 Å². The number of rotatable bonds is 7. The van der Waals surface area contributed by atoms with E-state index in [0.717, 1.165) is 5.56 Å². The van der Waals surface area contributed by atoms with E-state index in [-0.39, 0.29) is 17.8 Å². The minimum Gasteiger partial charge on any atom is -0.489 e. The van der Waals surface area contributed by atoms with Crippen LogP contribution in [0.3, 0.4) is 0 Å². The van der Waals surface area contributed by atoms with Gasteiger partial charge in [-0.05, 0) is 43.2 Å². The smallest absolute Gasteiger partial charge is 0.237 e. The van der Waals surface area contributed by atoms with E-state index in [9.17, 15) is 9.18 Å². The third kappa shape index (κ3) is 5.71. The number of carbonyl (C=O) groups is 1. The highest BCUT2D eigenvalue weighted by molar-refractivity contribution is 5.81. The van der Waals surface area contributed by atoms with E-state index in [1.54, 1.807) is 12.1 Å². The largest absolute Gasteiger partial charge is 0.489 e. The maximum atomic E-state index is 12.8. The molecule has 2 aromatic carbocycles. The number of hydrogen-bond acceptors (Lipinski definition) is 3. The van der Waals surface area contributed by atoms with Gasteiger partial charge in [-0.25, -0.2) is 4.39 Å². The van der Waals surface area contributed by atoms with E-state index in [1.807, 2.05) is 37.3 Å². The zero-order valence-corrected chi connectivity index (χ0v) is 13.0. The summed E-state index contributed by atoms with van der Waals surface area (Å²) in [5, 5.41) is 2.77. The molecular formula is C18H21FN2O2. The lowest BCUT2D eigenvalue weighted by Gasteiger charge is -2.17. The molecule has 1 unspecified atom stereocenters. The van der Waals surface area contributed by atoms with Crippen LogP contribution in [-0.4, -0.2) is 24.6 Å². The van der Waals surface area contributed by atoms with E-state index < -0.39 is 6.04 Å². The number of hydrogen-bond donors (Lipinski definition) is 2. The van der Waals surface area contributed by atoms with Crippen molar-refractivity contribution in [2.75, 3.05) is 6.54 Å². The second-order valence-electron chi connectivity index (χ2n) is 5.42. The van der Waals surface area contributed by atoms with Crippen LogP contribution < -0.4 is 15.8 Å². The third-order valence-corrected chi connectivity index (χ3v) is 3.35. The van der Waals surface area contributed by atoms with Crippen molar-refractivity contribution in [3.8, 4) is 5.75 Å². The Hall–Kier alpha value is -2.40. The Labute approximate surface area is 135 Å². The van der Waals surface area contributed by atoms with Crippen LogP contribution in [0.1, 0.15) is 12.5 Å². The lowest BCUT2D eigenvalue weighted by molar-refractivity contribution is -0.122. The van der Waals surface area contributed by atoms with Crippen LogP contribution >= 0.6 is 0 Å². The fourth-order valence-electron chi connectivity index (χ4n) is 2.12. The molecule has 3 N–H and O–H groups in total. The van der Waals surface area contributed by atoms with Crippen molar-refractivity contribution in [3.05, 3.63) is 66.0 Å². The van der Waals surface area contributed by atoms with E-state index in [4.69, 9.17) is 10.5 Å². The van der Waals surface area contributed by atoms with Gasteiger partial charge in [-0.2, -0.15) is 0 Å². The third-order valence-electron chi connectivity index (χ3n) is 3.35. The summed E-state index contributed by atoms with van der Waals surface area (Å²) in [6.07, 6.45) is 0.244. The molecule has 122 valence electrons. The molecule has 0 saturated heterocycles. The fraction of sp³-hybridized carbons (Fsp3) is 0.278. The Balaban J connectivity index is 1.75. The first-order chi connectivity index (χ1) is 11.0. The Morgan fingerprint density at radius 1 is 1.17 bits per heavy atom. The van der Waals surface area contributed by atoms with Crippen molar-refractivity contribution in [2.45, 2.75) is 25.5 Å². The van der Waals surface area contributed by atoms with Gasteiger partial charge >= 0.3 is 0 Å². The Bertz CT molecular complexity index is 617. The topological polar surface area (TPSA) is 64.4 Å². The summed E-state index contributed by atoms with van der Waals surface area (Å²) in [7, 11) is 0. The van der Waals surface area contributed by atoms with Gasteiger partial charge in [0.2, 0.25) is 5.91 Å². The predicted octanol–water partition coefficient (Wildman–Crippen LogP) is 2.28. The average molecular weight is 316 g/mol. The molecule has 2 rings (SSSR count). The van der Waals surface area contributed by atoms with Gasteiger partial charge in [-0.15, -0.1) is 0 Å². The second-order valence-corrected chi connectivity index (χ2v) is 5.42. The molecule has 0 heterocycles. The molecule has 0 saturated carbocycles.